The van der Waals surface area contributed by atoms with Gasteiger partial charge in [0.2, 0.25) is 0 Å². The fourth-order valence-electron chi connectivity index (χ4n) is 4.65. The number of hydrogen-bond acceptors (Lipinski definition) is 1. The lowest BCUT2D eigenvalue weighted by Crippen LogP contribution is -3.18. The third-order valence-electron chi connectivity index (χ3n) is 5.79. The van der Waals surface area contributed by atoms with Crippen molar-refractivity contribution in [3.63, 3.8) is 0 Å². The molecule has 0 aromatic carbocycles. The predicted molar refractivity (Wildman–Crippen MR) is 75.6 cm³/mol. The molecular formula is C16H31N2+. The third kappa shape index (κ3) is 2.60. The number of rotatable bonds is 2. The van der Waals surface area contributed by atoms with Gasteiger partial charge >= 0.3 is 0 Å². The molecule has 0 aromatic heterocycles. The number of nitrogens with one attached hydrogen (secondary N) is 1. The summed E-state index contributed by atoms with van der Waals surface area (Å²) >= 11 is 0. The van der Waals surface area contributed by atoms with Crippen LogP contribution in [0.4, 0.5) is 0 Å². The van der Waals surface area contributed by atoms with E-state index in [1.807, 2.05) is 4.90 Å². The topological polar surface area (TPSA) is 7.68 Å². The molecule has 18 heavy (non-hydrogen) atoms. The van der Waals surface area contributed by atoms with Crippen LogP contribution in [0.5, 0.6) is 0 Å². The van der Waals surface area contributed by atoms with Crippen molar-refractivity contribution in [2.24, 2.45) is 11.8 Å². The van der Waals surface area contributed by atoms with Crippen molar-refractivity contribution in [3.8, 4) is 0 Å². The third-order valence-corrected chi connectivity index (χ3v) is 5.79. The minimum atomic E-state index is 0.866. The van der Waals surface area contributed by atoms with Gasteiger partial charge in [-0.2, -0.15) is 0 Å². The Balaban J connectivity index is 1.62. The van der Waals surface area contributed by atoms with E-state index in [1.165, 1.54) is 64.6 Å². The van der Waals surface area contributed by atoms with Gasteiger partial charge in [0, 0.05) is 18.9 Å². The van der Waals surface area contributed by atoms with E-state index in [2.05, 4.69) is 18.7 Å². The summed E-state index contributed by atoms with van der Waals surface area (Å²) in [4.78, 5) is 4.73. The number of quaternary nitrogens is 1. The molecule has 2 saturated heterocycles. The standard InChI is InChI=1S/C16H30N2/c1-13-8-9-17-11-14(2)18(16(17)10-13)12-15-6-4-3-5-7-15/h13-16H,3-12H2,1-2H3/p+1. The van der Waals surface area contributed by atoms with Crippen LogP contribution in [0.3, 0.4) is 0 Å². The number of fused-ring (bicyclic) bond motifs is 1. The fraction of sp³-hybridized carbons (Fsp3) is 1.00. The molecule has 2 heteroatoms. The molecule has 0 aromatic rings. The largest absolute Gasteiger partial charge is 0.316 e. The van der Waals surface area contributed by atoms with Gasteiger partial charge in [0.1, 0.15) is 6.17 Å². The second kappa shape index (κ2) is 5.50. The highest BCUT2D eigenvalue weighted by Crippen LogP contribution is 2.25. The van der Waals surface area contributed by atoms with Gasteiger partial charge in [0.25, 0.3) is 0 Å². The van der Waals surface area contributed by atoms with Gasteiger partial charge in [0.05, 0.1) is 19.1 Å². The normalized spacial score (nSPS) is 43.0. The summed E-state index contributed by atoms with van der Waals surface area (Å²) in [5.41, 5.74) is 0. The van der Waals surface area contributed by atoms with Gasteiger partial charge in [-0.05, 0) is 32.1 Å². The lowest BCUT2D eigenvalue weighted by Gasteiger charge is -2.36. The second-order valence-corrected chi connectivity index (χ2v) is 7.32. The maximum Gasteiger partial charge on any atom is 0.144 e. The highest BCUT2D eigenvalue weighted by Gasteiger charge is 2.44. The molecule has 1 saturated carbocycles. The van der Waals surface area contributed by atoms with Crippen LogP contribution in [0.25, 0.3) is 0 Å². The van der Waals surface area contributed by atoms with E-state index in [0.717, 1.165) is 24.0 Å². The monoisotopic (exact) mass is 251 g/mol. The van der Waals surface area contributed by atoms with E-state index in [4.69, 9.17) is 0 Å². The van der Waals surface area contributed by atoms with Crippen molar-refractivity contribution < 1.29 is 4.90 Å². The minimum absolute atomic E-state index is 0.866. The summed E-state index contributed by atoms with van der Waals surface area (Å²) in [6, 6.07) is 0.877. The quantitative estimate of drug-likeness (QED) is 0.788. The SMILES string of the molecule is CC1CCN2CC(C)[NH+](CC3CCCCC3)C2C1. The van der Waals surface area contributed by atoms with Crippen molar-refractivity contribution in [2.75, 3.05) is 19.6 Å². The molecule has 1 aliphatic carbocycles. The molecule has 4 atom stereocenters. The summed E-state index contributed by atoms with van der Waals surface area (Å²) in [6.45, 7) is 9.14. The highest BCUT2D eigenvalue weighted by atomic mass is 15.4. The van der Waals surface area contributed by atoms with Crippen LogP contribution < -0.4 is 4.90 Å². The van der Waals surface area contributed by atoms with Gasteiger partial charge in [-0.1, -0.05) is 26.2 Å². The molecule has 1 N–H and O–H groups in total. The van der Waals surface area contributed by atoms with Gasteiger partial charge in [-0.3, -0.25) is 0 Å². The molecule has 2 heterocycles. The molecule has 4 unspecified atom stereocenters. The average Bonchev–Trinajstić information content (AvgIpc) is 2.67. The Hall–Kier alpha value is -0.0800. The molecule has 0 amide bonds. The summed E-state index contributed by atoms with van der Waals surface area (Å²) in [7, 11) is 0. The summed E-state index contributed by atoms with van der Waals surface area (Å²) in [5, 5.41) is 0. The predicted octanol–water partition coefficient (Wildman–Crippen LogP) is 1.91. The minimum Gasteiger partial charge on any atom is -0.316 e. The number of piperidine rings is 1. The zero-order valence-corrected chi connectivity index (χ0v) is 12.3. The Morgan fingerprint density at radius 2 is 1.83 bits per heavy atom. The number of hydrogen-bond donors (Lipinski definition) is 1. The van der Waals surface area contributed by atoms with Gasteiger partial charge in [0.15, 0.2) is 0 Å². The summed E-state index contributed by atoms with van der Waals surface area (Å²) in [6.07, 6.45) is 11.3. The van der Waals surface area contributed by atoms with Crippen LogP contribution >= 0.6 is 0 Å². The van der Waals surface area contributed by atoms with Crippen LogP contribution in [0.2, 0.25) is 0 Å². The Kier molecular flexibility index (Phi) is 3.95. The zero-order valence-electron chi connectivity index (χ0n) is 12.3. The molecule has 3 rings (SSSR count). The molecule has 0 spiro atoms. The first-order valence-corrected chi connectivity index (χ1v) is 8.33. The van der Waals surface area contributed by atoms with Crippen molar-refractivity contribution in [2.45, 2.75) is 71.0 Å². The average molecular weight is 251 g/mol. The van der Waals surface area contributed by atoms with Gasteiger partial charge in [-0.15, -0.1) is 0 Å². The Morgan fingerprint density at radius 3 is 2.61 bits per heavy atom. The first-order chi connectivity index (χ1) is 8.74. The van der Waals surface area contributed by atoms with Crippen LogP contribution in [0.1, 0.15) is 58.8 Å². The van der Waals surface area contributed by atoms with Crippen LogP contribution in [-0.2, 0) is 0 Å². The highest BCUT2D eigenvalue weighted by molar-refractivity contribution is 4.80. The maximum atomic E-state index is 2.79. The van der Waals surface area contributed by atoms with Crippen molar-refractivity contribution in [1.29, 1.82) is 0 Å². The molecule has 3 fully saturated rings. The van der Waals surface area contributed by atoms with E-state index in [1.54, 1.807) is 0 Å². The molecule has 3 aliphatic rings. The Labute approximate surface area is 113 Å². The second-order valence-electron chi connectivity index (χ2n) is 7.32. The smallest absolute Gasteiger partial charge is 0.144 e. The van der Waals surface area contributed by atoms with Crippen molar-refractivity contribution >= 4 is 0 Å². The van der Waals surface area contributed by atoms with E-state index < -0.39 is 0 Å². The van der Waals surface area contributed by atoms with Crippen LogP contribution in [-0.4, -0.2) is 36.7 Å². The van der Waals surface area contributed by atoms with Gasteiger partial charge < -0.3 is 4.90 Å². The fourth-order valence-corrected chi connectivity index (χ4v) is 4.65. The summed E-state index contributed by atoms with van der Waals surface area (Å²) < 4.78 is 0. The molecule has 104 valence electrons. The van der Waals surface area contributed by atoms with Gasteiger partial charge in [-0.25, -0.2) is 4.90 Å². The van der Waals surface area contributed by atoms with E-state index >= 15 is 0 Å². The Bertz CT molecular complexity index is 272. The van der Waals surface area contributed by atoms with Crippen molar-refractivity contribution in [3.05, 3.63) is 0 Å². The molecular weight excluding hydrogens is 220 g/mol. The lowest BCUT2D eigenvalue weighted by atomic mass is 9.88. The molecule has 2 aliphatic heterocycles. The van der Waals surface area contributed by atoms with E-state index in [9.17, 15) is 0 Å². The number of nitrogens with zero attached hydrogens (tertiary/aromatic N) is 1. The van der Waals surface area contributed by atoms with Crippen LogP contribution in [0.15, 0.2) is 0 Å². The maximum absolute atomic E-state index is 2.79. The first kappa shape index (κ1) is 12.9. The summed E-state index contributed by atoms with van der Waals surface area (Å²) in [5.74, 6) is 1.99. The van der Waals surface area contributed by atoms with Crippen LogP contribution in [0, 0.1) is 11.8 Å². The molecule has 2 nitrogen and oxygen atoms in total. The first-order valence-electron chi connectivity index (χ1n) is 8.33. The zero-order chi connectivity index (χ0) is 12.5. The lowest BCUT2D eigenvalue weighted by molar-refractivity contribution is -0.943. The van der Waals surface area contributed by atoms with E-state index in [-0.39, 0.29) is 0 Å². The Morgan fingerprint density at radius 1 is 1.06 bits per heavy atom. The molecule has 0 bridgehead atoms. The van der Waals surface area contributed by atoms with E-state index in [0.29, 0.717) is 0 Å². The molecule has 0 radical (unpaired) electrons. The van der Waals surface area contributed by atoms with Crippen molar-refractivity contribution in [1.82, 2.24) is 4.90 Å².